The number of carbonyl (C=O) groups is 2. The second-order valence-corrected chi connectivity index (χ2v) is 4.93. The van der Waals surface area contributed by atoms with E-state index < -0.39 is 23.8 Å². The van der Waals surface area contributed by atoms with Crippen LogP contribution in [0.5, 0.6) is 0 Å². The average molecular weight is 356 g/mol. The molecule has 0 unspecified atom stereocenters. The molecule has 0 saturated heterocycles. The van der Waals surface area contributed by atoms with E-state index in [1.54, 1.807) is 6.07 Å². The number of esters is 1. The van der Waals surface area contributed by atoms with Crippen molar-refractivity contribution >= 4 is 33.5 Å². The normalized spacial score (nSPS) is 11.8. The van der Waals surface area contributed by atoms with E-state index in [4.69, 9.17) is 9.15 Å². The van der Waals surface area contributed by atoms with Gasteiger partial charge >= 0.3 is 5.97 Å². The van der Waals surface area contributed by atoms with Gasteiger partial charge in [0.05, 0.1) is 0 Å². The Morgan fingerprint density at radius 2 is 1.90 bits per heavy atom. The monoisotopic (exact) mass is 355 g/mol. The van der Waals surface area contributed by atoms with Gasteiger partial charge in [-0.1, -0.05) is 0 Å². The third-order valence-electron chi connectivity index (χ3n) is 2.54. The van der Waals surface area contributed by atoms with E-state index in [2.05, 4.69) is 21.2 Å². The van der Waals surface area contributed by atoms with E-state index in [0.29, 0.717) is 10.4 Å². The van der Waals surface area contributed by atoms with Gasteiger partial charge < -0.3 is 14.5 Å². The fourth-order valence-corrected chi connectivity index (χ4v) is 1.78. The van der Waals surface area contributed by atoms with Crippen LogP contribution in [0, 0.1) is 5.82 Å². The van der Waals surface area contributed by atoms with Crippen molar-refractivity contribution in [3.63, 3.8) is 0 Å². The van der Waals surface area contributed by atoms with Gasteiger partial charge in [0.25, 0.3) is 5.91 Å². The van der Waals surface area contributed by atoms with Gasteiger partial charge in [0, 0.05) is 5.69 Å². The zero-order valence-electron chi connectivity index (χ0n) is 10.9. The molecule has 0 saturated carbocycles. The van der Waals surface area contributed by atoms with Crippen molar-refractivity contribution in [2.24, 2.45) is 0 Å². The number of benzene rings is 1. The van der Waals surface area contributed by atoms with E-state index >= 15 is 0 Å². The Morgan fingerprint density at radius 3 is 2.48 bits per heavy atom. The number of nitrogens with one attached hydrogen (secondary N) is 1. The van der Waals surface area contributed by atoms with Crippen molar-refractivity contribution in [2.75, 3.05) is 5.32 Å². The first kappa shape index (κ1) is 15.2. The molecule has 1 amide bonds. The topological polar surface area (TPSA) is 68.5 Å². The first-order chi connectivity index (χ1) is 9.95. The highest BCUT2D eigenvalue weighted by Gasteiger charge is 2.21. The lowest BCUT2D eigenvalue weighted by Gasteiger charge is -2.12. The number of carbonyl (C=O) groups excluding carboxylic acids is 2. The van der Waals surface area contributed by atoms with Gasteiger partial charge in [-0.05, 0) is 59.3 Å². The average Bonchev–Trinajstić information content (AvgIpc) is 2.88. The van der Waals surface area contributed by atoms with Crippen LogP contribution in [0.15, 0.2) is 45.5 Å². The van der Waals surface area contributed by atoms with Crippen LogP contribution in [-0.4, -0.2) is 18.0 Å². The van der Waals surface area contributed by atoms with Gasteiger partial charge in [0.2, 0.25) is 5.76 Å². The molecule has 5 nitrogen and oxygen atoms in total. The second kappa shape index (κ2) is 6.53. The number of furan rings is 1. The van der Waals surface area contributed by atoms with Crippen molar-refractivity contribution < 1.29 is 23.1 Å². The molecule has 0 aliphatic carbocycles. The van der Waals surface area contributed by atoms with Crippen molar-refractivity contribution in [3.8, 4) is 0 Å². The zero-order chi connectivity index (χ0) is 15.4. The van der Waals surface area contributed by atoms with E-state index in [0.717, 1.165) is 0 Å². The summed E-state index contributed by atoms with van der Waals surface area (Å²) in [6.45, 7) is 1.43. The highest BCUT2D eigenvalue weighted by molar-refractivity contribution is 9.10. The van der Waals surface area contributed by atoms with Gasteiger partial charge in [-0.2, -0.15) is 0 Å². The molecule has 2 rings (SSSR count). The van der Waals surface area contributed by atoms with Crippen LogP contribution in [-0.2, 0) is 9.53 Å². The summed E-state index contributed by atoms with van der Waals surface area (Å²) >= 11 is 3.06. The van der Waals surface area contributed by atoms with Crippen LogP contribution in [0.1, 0.15) is 17.5 Å². The van der Waals surface area contributed by atoms with Crippen LogP contribution in [0.25, 0.3) is 0 Å². The van der Waals surface area contributed by atoms with Crippen molar-refractivity contribution in [1.82, 2.24) is 0 Å². The van der Waals surface area contributed by atoms with Crippen molar-refractivity contribution in [2.45, 2.75) is 13.0 Å². The third kappa shape index (κ3) is 4.16. The van der Waals surface area contributed by atoms with E-state index in [9.17, 15) is 14.0 Å². The summed E-state index contributed by atoms with van der Waals surface area (Å²) < 4.78 is 23.1. The smallest absolute Gasteiger partial charge is 0.375 e. The fourth-order valence-electron chi connectivity index (χ4n) is 1.47. The van der Waals surface area contributed by atoms with Crippen LogP contribution in [0.3, 0.4) is 0 Å². The minimum absolute atomic E-state index is 0.0108. The number of hydrogen-bond donors (Lipinski definition) is 1. The van der Waals surface area contributed by atoms with Gasteiger partial charge in [-0.15, -0.1) is 0 Å². The molecule has 2 aromatic rings. The lowest BCUT2D eigenvalue weighted by Crippen LogP contribution is -2.29. The molecule has 110 valence electrons. The summed E-state index contributed by atoms with van der Waals surface area (Å²) in [5.41, 5.74) is 0.407. The number of rotatable bonds is 4. The van der Waals surface area contributed by atoms with Crippen LogP contribution >= 0.6 is 15.9 Å². The molecule has 0 aliphatic rings. The molecule has 0 aliphatic heterocycles. The summed E-state index contributed by atoms with van der Waals surface area (Å²) in [5.74, 6) is -1.69. The van der Waals surface area contributed by atoms with E-state index in [1.807, 2.05) is 0 Å². The number of anilines is 1. The highest BCUT2D eigenvalue weighted by atomic mass is 79.9. The molecule has 21 heavy (non-hydrogen) atoms. The van der Waals surface area contributed by atoms with Gasteiger partial charge in [-0.3, -0.25) is 4.79 Å². The van der Waals surface area contributed by atoms with Gasteiger partial charge in [-0.25, -0.2) is 9.18 Å². The predicted molar refractivity (Wildman–Crippen MR) is 76.3 cm³/mol. The second-order valence-electron chi connectivity index (χ2n) is 4.15. The highest BCUT2D eigenvalue weighted by Crippen LogP contribution is 2.16. The van der Waals surface area contributed by atoms with Crippen LogP contribution in [0.4, 0.5) is 10.1 Å². The zero-order valence-corrected chi connectivity index (χ0v) is 12.5. The summed E-state index contributed by atoms with van der Waals surface area (Å²) in [4.78, 5) is 23.6. The van der Waals surface area contributed by atoms with Crippen LogP contribution in [0.2, 0.25) is 0 Å². The standard InChI is InChI=1S/C14H11BrFNO4/c1-8(20-14(19)11-6-7-12(15)21-11)13(18)17-10-4-2-9(16)3-5-10/h2-8H,1H3,(H,17,18)/t8-/m0/s1. The molecular weight excluding hydrogens is 345 g/mol. The molecule has 1 heterocycles. The largest absolute Gasteiger partial charge is 0.447 e. The number of amides is 1. The molecule has 1 atom stereocenters. The van der Waals surface area contributed by atoms with E-state index in [-0.39, 0.29) is 5.76 Å². The fraction of sp³-hybridized carbons (Fsp3) is 0.143. The van der Waals surface area contributed by atoms with Gasteiger partial charge in [0.1, 0.15) is 5.82 Å². The Balaban J connectivity index is 1.93. The number of halogens is 2. The minimum atomic E-state index is -1.02. The maximum Gasteiger partial charge on any atom is 0.375 e. The molecule has 0 spiro atoms. The SMILES string of the molecule is C[C@H](OC(=O)c1ccc(Br)o1)C(=O)Nc1ccc(F)cc1. The number of hydrogen-bond acceptors (Lipinski definition) is 4. The van der Waals surface area contributed by atoms with Crippen molar-refractivity contribution in [3.05, 3.63) is 52.6 Å². The Hall–Kier alpha value is -2.15. The Kier molecular flexibility index (Phi) is 4.74. The van der Waals surface area contributed by atoms with Crippen LogP contribution < -0.4 is 5.32 Å². The van der Waals surface area contributed by atoms with Gasteiger partial charge in [0.15, 0.2) is 10.8 Å². The molecular formula is C14H11BrFNO4. The molecule has 1 aromatic heterocycles. The molecule has 0 fully saturated rings. The quantitative estimate of drug-likeness (QED) is 0.853. The Labute approximate surface area is 128 Å². The maximum absolute atomic E-state index is 12.7. The Bertz CT molecular complexity index is 653. The van der Waals surface area contributed by atoms with E-state index in [1.165, 1.54) is 37.3 Å². The lowest BCUT2D eigenvalue weighted by atomic mass is 10.3. The summed E-state index contributed by atoms with van der Waals surface area (Å²) in [7, 11) is 0. The predicted octanol–water partition coefficient (Wildman–Crippen LogP) is 3.37. The summed E-state index contributed by atoms with van der Waals surface area (Å²) in [6.07, 6.45) is -1.02. The first-order valence-corrected chi connectivity index (χ1v) is 6.78. The Morgan fingerprint density at radius 1 is 1.24 bits per heavy atom. The molecule has 1 N–H and O–H groups in total. The number of ether oxygens (including phenoxy) is 1. The molecule has 0 radical (unpaired) electrons. The third-order valence-corrected chi connectivity index (χ3v) is 2.97. The molecule has 7 heteroatoms. The maximum atomic E-state index is 12.7. The first-order valence-electron chi connectivity index (χ1n) is 5.98. The summed E-state index contributed by atoms with van der Waals surface area (Å²) in [6, 6.07) is 8.22. The molecule has 0 bridgehead atoms. The molecule has 1 aromatic carbocycles. The minimum Gasteiger partial charge on any atom is -0.447 e. The summed E-state index contributed by atoms with van der Waals surface area (Å²) in [5, 5.41) is 2.51. The lowest BCUT2D eigenvalue weighted by molar-refractivity contribution is -0.123. The van der Waals surface area contributed by atoms with Crippen molar-refractivity contribution in [1.29, 1.82) is 0 Å².